The van der Waals surface area contributed by atoms with Crippen molar-refractivity contribution in [3.63, 3.8) is 0 Å². The van der Waals surface area contributed by atoms with Crippen LogP contribution in [-0.2, 0) is 4.79 Å². The van der Waals surface area contributed by atoms with Gasteiger partial charge in [0.25, 0.3) is 0 Å². The molecule has 0 unspecified atom stereocenters. The molecule has 1 rings (SSSR count). The van der Waals surface area contributed by atoms with Crippen LogP contribution in [0.4, 0.5) is 0 Å². The Bertz CT molecular complexity index is 365. The summed E-state index contributed by atoms with van der Waals surface area (Å²) in [6, 6.07) is 3.01. The molecule has 1 aromatic heterocycles. The van der Waals surface area contributed by atoms with Crippen molar-refractivity contribution in [2.75, 3.05) is 0 Å². The van der Waals surface area contributed by atoms with Crippen LogP contribution in [0.2, 0.25) is 0 Å². The first-order valence-electron chi connectivity index (χ1n) is 3.15. The minimum atomic E-state index is -0.555. The van der Waals surface area contributed by atoms with Crippen molar-refractivity contribution in [1.29, 1.82) is 0 Å². The van der Waals surface area contributed by atoms with Crippen LogP contribution in [0.3, 0.4) is 0 Å². The van der Waals surface area contributed by atoms with Crippen LogP contribution < -0.4 is 5.63 Å². The minimum Gasteiger partial charge on any atom is -0.431 e. The van der Waals surface area contributed by atoms with Crippen LogP contribution in [-0.4, -0.2) is 6.29 Å². The highest BCUT2D eigenvalue weighted by molar-refractivity contribution is 6.49. The summed E-state index contributed by atoms with van der Waals surface area (Å²) in [6.45, 7) is 0. The lowest BCUT2D eigenvalue weighted by atomic mass is 10.3. The standard InChI is InChI=1S/C8H5ClO3/c9-7(3-4-10)6-2-1-5-12-8(6)11/h1-5H/b7-3-. The minimum absolute atomic E-state index is 0.0827. The molecule has 0 atom stereocenters. The van der Waals surface area contributed by atoms with Crippen LogP contribution in [0.25, 0.3) is 5.03 Å². The Morgan fingerprint density at radius 2 is 2.33 bits per heavy atom. The summed E-state index contributed by atoms with van der Waals surface area (Å²) < 4.78 is 4.53. The third kappa shape index (κ3) is 1.83. The van der Waals surface area contributed by atoms with Gasteiger partial charge in [-0.2, -0.15) is 0 Å². The smallest absolute Gasteiger partial charge is 0.344 e. The Morgan fingerprint density at radius 3 is 2.92 bits per heavy atom. The molecule has 1 heterocycles. The first-order valence-corrected chi connectivity index (χ1v) is 3.52. The lowest BCUT2D eigenvalue weighted by Gasteiger charge is -1.92. The van der Waals surface area contributed by atoms with E-state index in [0.29, 0.717) is 6.29 Å². The molecule has 0 aliphatic heterocycles. The second-order valence-electron chi connectivity index (χ2n) is 1.96. The number of hydrogen-bond donors (Lipinski definition) is 0. The summed E-state index contributed by atoms with van der Waals surface area (Å²) in [5.41, 5.74) is -0.369. The lowest BCUT2D eigenvalue weighted by molar-refractivity contribution is -0.104. The average molecular weight is 185 g/mol. The molecular weight excluding hydrogens is 180 g/mol. The van der Waals surface area contributed by atoms with Crippen molar-refractivity contribution in [2.45, 2.75) is 0 Å². The van der Waals surface area contributed by atoms with Gasteiger partial charge in [0.1, 0.15) is 6.29 Å². The van der Waals surface area contributed by atoms with E-state index < -0.39 is 5.63 Å². The van der Waals surface area contributed by atoms with E-state index in [2.05, 4.69) is 4.42 Å². The van der Waals surface area contributed by atoms with Gasteiger partial charge in [-0.15, -0.1) is 0 Å². The lowest BCUT2D eigenvalue weighted by Crippen LogP contribution is -2.02. The Kier molecular flexibility index (Phi) is 2.82. The summed E-state index contributed by atoms with van der Waals surface area (Å²) in [7, 11) is 0. The topological polar surface area (TPSA) is 47.3 Å². The van der Waals surface area contributed by atoms with Gasteiger partial charge in [-0.05, 0) is 18.2 Å². The summed E-state index contributed by atoms with van der Waals surface area (Å²) in [5.74, 6) is 0. The van der Waals surface area contributed by atoms with E-state index in [4.69, 9.17) is 11.6 Å². The van der Waals surface area contributed by atoms with Crippen molar-refractivity contribution in [3.05, 3.63) is 40.5 Å². The number of allylic oxidation sites excluding steroid dienone is 1. The van der Waals surface area contributed by atoms with Gasteiger partial charge in [-0.25, -0.2) is 4.79 Å². The first-order chi connectivity index (χ1) is 5.75. The molecule has 0 N–H and O–H groups in total. The summed E-state index contributed by atoms with van der Waals surface area (Å²) in [4.78, 5) is 20.9. The number of aldehydes is 1. The summed E-state index contributed by atoms with van der Waals surface area (Å²) in [6.07, 6.45) is 2.85. The molecule has 12 heavy (non-hydrogen) atoms. The zero-order valence-electron chi connectivity index (χ0n) is 5.99. The Balaban J connectivity index is 3.20. The second kappa shape index (κ2) is 3.88. The monoisotopic (exact) mass is 184 g/mol. The van der Waals surface area contributed by atoms with Gasteiger partial charge in [0.05, 0.1) is 16.9 Å². The van der Waals surface area contributed by atoms with E-state index in [1.54, 1.807) is 0 Å². The highest BCUT2D eigenvalue weighted by atomic mass is 35.5. The third-order valence-corrected chi connectivity index (χ3v) is 1.54. The first kappa shape index (κ1) is 8.74. The molecule has 0 radical (unpaired) electrons. The predicted octanol–water partition coefficient (Wildman–Crippen LogP) is 1.42. The molecule has 0 saturated heterocycles. The van der Waals surface area contributed by atoms with Gasteiger partial charge in [-0.1, -0.05) is 11.6 Å². The van der Waals surface area contributed by atoms with Crippen LogP contribution in [0.15, 0.2) is 33.7 Å². The molecule has 4 heteroatoms. The van der Waals surface area contributed by atoms with E-state index in [1.807, 2.05) is 0 Å². The molecule has 0 aliphatic carbocycles. The molecule has 1 aromatic rings. The molecule has 0 bridgehead atoms. The van der Waals surface area contributed by atoms with Crippen molar-refractivity contribution in [1.82, 2.24) is 0 Å². The summed E-state index contributed by atoms with van der Waals surface area (Å²) >= 11 is 5.58. The van der Waals surface area contributed by atoms with Gasteiger partial charge in [0.2, 0.25) is 0 Å². The average Bonchev–Trinajstić information content (AvgIpc) is 2.05. The normalized spacial score (nSPS) is 11.2. The number of halogens is 1. The largest absolute Gasteiger partial charge is 0.431 e. The van der Waals surface area contributed by atoms with E-state index in [0.717, 1.165) is 6.08 Å². The van der Waals surface area contributed by atoms with E-state index in [1.165, 1.54) is 18.4 Å². The molecule has 0 amide bonds. The molecule has 0 fully saturated rings. The van der Waals surface area contributed by atoms with E-state index in [-0.39, 0.29) is 10.6 Å². The SMILES string of the molecule is O=C/C=C(\Cl)c1cccoc1=O. The molecule has 0 aliphatic rings. The van der Waals surface area contributed by atoms with Crippen LogP contribution in [0.1, 0.15) is 5.56 Å². The fraction of sp³-hybridized carbons (Fsp3) is 0. The molecule has 62 valence electrons. The van der Waals surface area contributed by atoms with Crippen molar-refractivity contribution in [3.8, 4) is 0 Å². The quantitative estimate of drug-likeness (QED) is 0.516. The predicted molar refractivity (Wildman–Crippen MR) is 44.9 cm³/mol. The van der Waals surface area contributed by atoms with Gasteiger partial charge in [0, 0.05) is 0 Å². The maximum Gasteiger partial charge on any atom is 0.344 e. The Labute approximate surface area is 73.3 Å². The summed E-state index contributed by atoms with van der Waals surface area (Å²) in [5, 5.41) is 0.0827. The fourth-order valence-corrected chi connectivity index (χ4v) is 0.886. The molecule has 3 nitrogen and oxygen atoms in total. The van der Waals surface area contributed by atoms with Crippen LogP contribution in [0.5, 0.6) is 0 Å². The van der Waals surface area contributed by atoms with Crippen LogP contribution >= 0.6 is 11.6 Å². The van der Waals surface area contributed by atoms with Crippen molar-refractivity contribution in [2.24, 2.45) is 0 Å². The number of carbonyl (C=O) groups is 1. The van der Waals surface area contributed by atoms with Gasteiger partial charge in [-0.3, -0.25) is 4.79 Å². The Morgan fingerprint density at radius 1 is 1.58 bits per heavy atom. The molecular formula is C8H5ClO3. The molecule has 0 spiro atoms. The third-order valence-electron chi connectivity index (χ3n) is 1.21. The zero-order valence-corrected chi connectivity index (χ0v) is 6.75. The number of rotatable bonds is 2. The van der Waals surface area contributed by atoms with Gasteiger partial charge in [0.15, 0.2) is 0 Å². The van der Waals surface area contributed by atoms with Crippen LogP contribution in [0, 0.1) is 0 Å². The van der Waals surface area contributed by atoms with Crippen molar-refractivity contribution >= 4 is 22.9 Å². The second-order valence-corrected chi connectivity index (χ2v) is 2.37. The number of hydrogen-bond acceptors (Lipinski definition) is 3. The van der Waals surface area contributed by atoms with Gasteiger partial charge < -0.3 is 4.42 Å². The highest BCUT2D eigenvalue weighted by Crippen LogP contribution is 2.12. The maximum atomic E-state index is 10.9. The van der Waals surface area contributed by atoms with E-state index in [9.17, 15) is 9.59 Å². The Hall–Kier alpha value is -1.35. The van der Waals surface area contributed by atoms with Crippen molar-refractivity contribution < 1.29 is 9.21 Å². The number of carbonyl (C=O) groups excluding carboxylic acids is 1. The maximum absolute atomic E-state index is 10.9. The molecule has 0 aromatic carbocycles. The van der Waals surface area contributed by atoms with Gasteiger partial charge >= 0.3 is 5.63 Å². The molecule has 0 saturated carbocycles. The zero-order chi connectivity index (χ0) is 8.97. The van der Waals surface area contributed by atoms with E-state index >= 15 is 0 Å². The highest BCUT2D eigenvalue weighted by Gasteiger charge is 2.02. The fourth-order valence-electron chi connectivity index (χ4n) is 0.695.